The molecule has 4 nitrogen and oxygen atoms in total. The van der Waals surface area contributed by atoms with Crippen LogP contribution in [0.4, 0.5) is 0 Å². The fourth-order valence-electron chi connectivity index (χ4n) is 6.69. The molecule has 2 N–H and O–H groups in total. The van der Waals surface area contributed by atoms with E-state index in [4.69, 9.17) is 16.3 Å². The Balaban J connectivity index is 1.29. The topological polar surface area (TPSA) is 44.7 Å². The Morgan fingerprint density at radius 2 is 2.03 bits per heavy atom. The van der Waals surface area contributed by atoms with E-state index in [0.717, 1.165) is 68.1 Å². The van der Waals surface area contributed by atoms with Gasteiger partial charge in [0.25, 0.3) is 0 Å². The van der Waals surface area contributed by atoms with Gasteiger partial charge in [0.15, 0.2) is 0 Å². The first kappa shape index (κ1) is 25.9. The molecule has 0 bridgehead atoms. The molecule has 5 rings (SSSR count). The minimum absolute atomic E-state index is 0.291. The summed E-state index contributed by atoms with van der Waals surface area (Å²) in [7, 11) is 0. The average molecular weight is 511 g/mol. The summed E-state index contributed by atoms with van der Waals surface area (Å²) in [5.41, 5.74) is 3.22. The maximum absolute atomic E-state index is 10.7. The molecule has 0 spiro atoms. The highest BCUT2D eigenvalue weighted by molar-refractivity contribution is 6.30. The van der Waals surface area contributed by atoms with Crippen LogP contribution >= 0.6 is 11.6 Å². The largest absolute Gasteiger partial charge is 0.495 e. The van der Waals surface area contributed by atoms with E-state index in [-0.39, 0.29) is 0 Å². The minimum atomic E-state index is -0.799. The van der Waals surface area contributed by atoms with Crippen LogP contribution in [0.3, 0.4) is 0 Å². The lowest BCUT2D eigenvalue weighted by molar-refractivity contribution is 0.0820. The first-order valence-corrected chi connectivity index (χ1v) is 14.3. The van der Waals surface area contributed by atoms with Crippen molar-refractivity contribution >= 4 is 11.6 Å². The van der Waals surface area contributed by atoms with Crippen LogP contribution in [0.1, 0.15) is 65.7 Å². The number of nitrogens with one attached hydrogen (secondary N) is 1. The number of rotatable bonds is 5. The number of nitrogens with zero attached hydrogens (tertiary/aromatic N) is 1. The lowest BCUT2D eigenvalue weighted by atomic mass is 9.68. The molecule has 0 unspecified atom stereocenters. The number of piperidine rings is 1. The van der Waals surface area contributed by atoms with Gasteiger partial charge in [0.1, 0.15) is 12.4 Å². The van der Waals surface area contributed by atoms with Gasteiger partial charge >= 0.3 is 0 Å². The molecule has 36 heavy (non-hydrogen) atoms. The van der Waals surface area contributed by atoms with E-state index >= 15 is 0 Å². The van der Waals surface area contributed by atoms with Crippen LogP contribution in [0, 0.1) is 17.3 Å². The molecule has 0 saturated carbocycles. The molecule has 0 aromatic carbocycles. The van der Waals surface area contributed by atoms with Gasteiger partial charge in [-0.2, -0.15) is 0 Å². The van der Waals surface area contributed by atoms with Gasteiger partial charge < -0.3 is 20.1 Å². The van der Waals surface area contributed by atoms with Gasteiger partial charge in [0, 0.05) is 35.4 Å². The number of likely N-dealkylation sites (tertiary alicyclic amines) is 1. The smallest absolute Gasteiger partial charge is 0.108 e. The van der Waals surface area contributed by atoms with Crippen molar-refractivity contribution in [1.82, 2.24) is 10.2 Å². The normalized spacial score (nSPS) is 31.6. The highest BCUT2D eigenvalue weighted by atomic mass is 35.5. The lowest BCUT2D eigenvalue weighted by Crippen LogP contribution is -2.43. The van der Waals surface area contributed by atoms with Crippen molar-refractivity contribution in [2.45, 2.75) is 77.4 Å². The summed E-state index contributed by atoms with van der Waals surface area (Å²) in [6.45, 7) is 10.3. The molecular formula is C31H43ClN2O2. The Kier molecular flexibility index (Phi) is 7.59. The minimum Gasteiger partial charge on any atom is -0.495 e. The molecule has 5 aliphatic rings. The van der Waals surface area contributed by atoms with E-state index < -0.39 is 5.60 Å². The van der Waals surface area contributed by atoms with Crippen LogP contribution in [-0.4, -0.2) is 47.9 Å². The molecule has 0 aromatic rings. The number of fused-ring (bicyclic) bond motifs is 1. The molecule has 2 aliphatic carbocycles. The van der Waals surface area contributed by atoms with Crippen LogP contribution in [0.15, 0.2) is 70.2 Å². The van der Waals surface area contributed by atoms with Gasteiger partial charge in [0.05, 0.1) is 11.6 Å². The van der Waals surface area contributed by atoms with E-state index in [1.807, 2.05) is 13.8 Å². The van der Waals surface area contributed by atoms with Crippen molar-refractivity contribution in [2.75, 3.05) is 26.2 Å². The zero-order valence-corrected chi connectivity index (χ0v) is 23.0. The Morgan fingerprint density at radius 1 is 1.22 bits per heavy atom. The second kappa shape index (κ2) is 10.6. The van der Waals surface area contributed by atoms with Crippen LogP contribution in [0.25, 0.3) is 0 Å². The first-order chi connectivity index (χ1) is 17.2. The number of hydrogen-bond donors (Lipinski definition) is 2. The van der Waals surface area contributed by atoms with Crippen molar-refractivity contribution in [2.24, 2.45) is 17.3 Å². The third-order valence-electron chi connectivity index (χ3n) is 9.22. The summed E-state index contributed by atoms with van der Waals surface area (Å²) in [6, 6.07) is 0.295. The number of hydrogen-bond acceptors (Lipinski definition) is 4. The van der Waals surface area contributed by atoms with Crippen molar-refractivity contribution in [3.63, 3.8) is 0 Å². The van der Waals surface area contributed by atoms with E-state index in [1.165, 1.54) is 24.0 Å². The monoisotopic (exact) mass is 510 g/mol. The van der Waals surface area contributed by atoms with Crippen molar-refractivity contribution in [3.05, 3.63) is 70.2 Å². The highest BCUT2D eigenvalue weighted by Gasteiger charge is 2.39. The van der Waals surface area contributed by atoms with Crippen LogP contribution < -0.4 is 5.32 Å². The molecule has 0 amide bonds. The molecule has 1 saturated heterocycles. The summed E-state index contributed by atoms with van der Waals surface area (Å²) in [5.74, 6) is 1.97. The van der Waals surface area contributed by atoms with Gasteiger partial charge in [-0.15, -0.1) is 0 Å². The van der Waals surface area contributed by atoms with Crippen LogP contribution in [0.5, 0.6) is 0 Å². The fraction of sp³-hybridized carbons (Fsp3) is 0.613. The zero-order valence-electron chi connectivity index (χ0n) is 22.2. The number of aliphatic hydroxyl groups is 1. The van der Waals surface area contributed by atoms with Gasteiger partial charge in [-0.25, -0.2) is 0 Å². The highest BCUT2D eigenvalue weighted by Crippen LogP contribution is 2.46. The van der Waals surface area contributed by atoms with E-state index in [9.17, 15) is 5.11 Å². The van der Waals surface area contributed by atoms with Crippen molar-refractivity contribution < 1.29 is 9.84 Å². The summed E-state index contributed by atoms with van der Waals surface area (Å²) >= 11 is 6.62. The molecule has 0 aromatic heterocycles. The van der Waals surface area contributed by atoms with Gasteiger partial charge in [-0.1, -0.05) is 42.8 Å². The first-order valence-electron chi connectivity index (χ1n) is 13.9. The number of allylic oxidation sites excluding steroid dienone is 8. The SMILES string of the molecule is CC(C)(O)C1=CC2=C(CC1)OC[C@H]1NC=CC[C@H]1/C2=C\CCN1CCC(C)([C@@H]2CC=CC=C2Cl)CC1. The predicted octanol–water partition coefficient (Wildman–Crippen LogP) is 6.37. The van der Waals surface area contributed by atoms with E-state index in [0.29, 0.717) is 29.9 Å². The number of halogens is 1. The van der Waals surface area contributed by atoms with Crippen LogP contribution in [0.2, 0.25) is 0 Å². The second-order valence-corrected chi connectivity index (χ2v) is 12.5. The molecule has 0 radical (unpaired) electrons. The fourth-order valence-corrected chi connectivity index (χ4v) is 7.12. The van der Waals surface area contributed by atoms with Gasteiger partial charge in [-0.3, -0.25) is 0 Å². The molecule has 3 atom stereocenters. The molecule has 5 heteroatoms. The van der Waals surface area contributed by atoms with Gasteiger partial charge in [-0.05, 0) is 100 Å². The Morgan fingerprint density at radius 3 is 2.78 bits per heavy atom. The molecule has 3 heterocycles. The van der Waals surface area contributed by atoms with Gasteiger partial charge in [0.2, 0.25) is 0 Å². The molecular weight excluding hydrogens is 468 g/mol. The Labute approximate surface area is 222 Å². The third-order valence-corrected chi connectivity index (χ3v) is 9.61. The summed E-state index contributed by atoms with van der Waals surface area (Å²) in [5, 5.41) is 15.3. The Bertz CT molecular complexity index is 1020. The van der Waals surface area contributed by atoms with Crippen LogP contribution in [-0.2, 0) is 4.74 Å². The third kappa shape index (κ3) is 5.42. The van der Waals surface area contributed by atoms with Crippen molar-refractivity contribution in [3.8, 4) is 0 Å². The lowest BCUT2D eigenvalue weighted by Gasteiger charge is -2.44. The Hall–Kier alpha value is -1.75. The molecule has 3 aliphatic heterocycles. The van der Waals surface area contributed by atoms with E-state index in [1.54, 1.807) is 0 Å². The average Bonchev–Trinajstić information content (AvgIpc) is 3.02. The number of ether oxygens (including phenoxy) is 1. The molecule has 196 valence electrons. The maximum Gasteiger partial charge on any atom is 0.108 e. The zero-order chi connectivity index (χ0) is 25.3. The summed E-state index contributed by atoms with van der Waals surface area (Å²) < 4.78 is 6.34. The maximum atomic E-state index is 10.7. The second-order valence-electron chi connectivity index (χ2n) is 12.1. The molecule has 1 fully saturated rings. The summed E-state index contributed by atoms with van der Waals surface area (Å²) in [6.07, 6.45) is 22.8. The summed E-state index contributed by atoms with van der Waals surface area (Å²) in [4.78, 5) is 2.63. The van der Waals surface area contributed by atoms with Crippen molar-refractivity contribution in [1.29, 1.82) is 0 Å². The van der Waals surface area contributed by atoms with E-state index in [2.05, 4.69) is 59.8 Å². The predicted molar refractivity (Wildman–Crippen MR) is 148 cm³/mol. The quantitative estimate of drug-likeness (QED) is 0.451. The standard InChI is InChI=1S/C31H43ClN2O2/c1-30(2,35)22-12-13-29-25(20-22)23(24-8-6-16-33-28(24)21-36-29)9-7-17-34-18-14-31(3,15-19-34)26-10-4-5-11-27(26)32/h4-6,9,11,16,20,24,26,28,33,35H,7-8,10,12-15,17-19,21H2,1-3H3/b23-9+/t24-,26+,28+/m0/s1.